The molecule has 0 aliphatic carbocycles. The van der Waals surface area contributed by atoms with E-state index in [1.165, 1.54) is 6.21 Å². The number of hydrogen-bond acceptors (Lipinski definition) is 3. The molecule has 0 atom stereocenters. The van der Waals surface area contributed by atoms with E-state index in [4.69, 9.17) is 5.21 Å². The van der Waals surface area contributed by atoms with Crippen molar-refractivity contribution in [1.29, 1.82) is 0 Å². The minimum absolute atomic E-state index is 0.660. The van der Waals surface area contributed by atoms with Crippen LogP contribution in [0.25, 0.3) is 0 Å². The van der Waals surface area contributed by atoms with Gasteiger partial charge in [0.1, 0.15) is 0 Å². The number of nitrogens with zero attached hydrogens (tertiary/aromatic N) is 2. The van der Waals surface area contributed by atoms with Gasteiger partial charge in [-0.15, -0.1) is 0 Å². The first kappa shape index (κ1) is 6.74. The van der Waals surface area contributed by atoms with Crippen LogP contribution in [-0.4, -0.2) is 16.4 Å². The SMILES string of the molecule is Cc1ccc(/C=N/O)nc1. The minimum Gasteiger partial charge on any atom is -0.411 e. The van der Waals surface area contributed by atoms with Crippen molar-refractivity contribution in [3.63, 3.8) is 0 Å². The van der Waals surface area contributed by atoms with Gasteiger partial charge in [0.05, 0.1) is 11.9 Å². The predicted octanol–water partition coefficient (Wildman–Crippen LogP) is 1.20. The molecule has 0 aromatic carbocycles. The number of aryl methyl sites for hydroxylation is 1. The highest BCUT2D eigenvalue weighted by atomic mass is 16.4. The van der Waals surface area contributed by atoms with Crippen LogP contribution in [0.15, 0.2) is 23.5 Å². The number of pyridine rings is 1. The van der Waals surface area contributed by atoms with Crippen molar-refractivity contribution in [2.45, 2.75) is 6.92 Å². The van der Waals surface area contributed by atoms with Crippen molar-refractivity contribution in [2.75, 3.05) is 0 Å². The summed E-state index contributed by atoms with van der Waals surface area (Å²) >= 11 is 0. The molecule has 1 heterocycles. The molecule has 3 nitrogen and oxygen atoms in total. The van der Waals surface area contributed by atoms with E-state index in [1.54, 1.807) is 12.3 Å². The highest BCUT2D eigenvalue weighted by Gasteiger charge is 1.86. The third kappa shape index (κ3) is 1.55. The van der Waals surface area contributed by atoms with Crippen molar-refractivity contribution < 1.29 is 5.21 Å². The summed E-state index contributed by atoms with van der Waals surface area (Å²) in [5, 5.41) is 11.0. The number of aromatic nitrogens is 1. The molecule has 0 aliphatic rings. The molecule has 1 N–H and O–H groups in total. The quantitative estimate of drug-likeness (QED) is 0.358. The summed E-state index contributed by atoms with van der Waals surface area (Å²) in [6.45, 7) is 1.95. The largest absolute Gasteiger partial charge is 0.411 e. The Morgan fingerprint density at radius 2 is 2.40 bits per heavy atom. The number of hydrogen-bond donors (Lipinski definition) is 1. The third-order valence-corrected chi connectivity index (χ3v) is 1.12. The Morgan fingerprint density at radius 3 is 2.90 bits per heavy atom. The second kappa shape index (κ2) is 2.96. The Labute approximate surface area is 59.0 Å². The topological polar surface area (TPSA) is 45.5 Å². The molecule has 0 saturated carbocycles. The lowest BCUT2D eigenvalue weighted by molar-refractivity contribution is 0.321. The highest BCUT2D eigenvalue weighted by molar-refractivity contribution is 5.76. The Hall–Kier alpha value is -1.38. The average molecular weight is 136 g/mol. The van der Waals surface area contributed by atoms with E-state index in [-0.39, 0.29) is 0 Å². The lowest BCUT2D eigenvalue weighted by atomic mass is 10.3. The molecule has 0 aliphatic heterocycles. The van der Waals surface area contributed by atoms with Gasteiger partial charge in [-0.25, -0.2) is 0 Å². The monoisotopic (exact) mass is 136 g/mol. The highest BCUT2D eigenvalue weighted by Crippen LogP contribution is 1.94. The van der Waals surface area contributed by atoms with Crippen LogP contribution in [0.5, 0.6) is 0 Å². The number of oxime groups is 1. The molecular formula is C7H8N2O. The van der Waals surface area contributed by atoms with Crippen molar-refractivity contribution >= 4 is 6.21 Å². The molecule has 0 spiro atoms. The average Bonchev–Trinajstić information content (AvgIpc) is 1.95. The summed E-state index contributed by atoms with van der Waals surface area (Å²) in [6, 6.07) is 3.69. The van der Waals surface area contributed by atoms with E-state index in [1.807, 2.05) is 13.0 Å². The predicted molar refractivity (Wildman–Crippen MR) is 38.4 cm³/mol. The van der Waals surface area contributed by atoms with Crippen LogP contribution in [0.4, 0.5) is 0 Å². The standard InChI is InChI=1S/C7H8N2O/c1-6-2-3-7(5-9-10)8-4-6/h2-5,10H,1H3/b9-5+. The van der Waals surface area contributed by atoms with Crippen molar-refractivity contribution in [2.24, 2.45) is 5.16 Å². The van der Waals surface area contributed by atoms with Crippen LogP contribution in [0.3, 0.4) is 0 Å². The van der Waals surface area contributed by atoms with Crippen LogP contribution >= 0.6 is 0 Å². The van der Waals surface area contributed by atoms with Gasteiger partial charge in [-0.3, -0.25) is 4.98 Å². The first-order valence-electron chi connectivity index (χ1n) is 2.93. The maximum absolute atomic E-state index is 8.12. The molecule has 3 heteroatoms. The van der Waals surface area contributed by atoms with Gasteiger partial charge in [-0.05, 0) is 18.6 Å². The van der Waals surface area contributed by atoms with Crippen molar-refractivity contribution in [3.05, 3.63) is 29.6 Å². The van der Waals surface area contributed by atoms with E-state index >= 15 is 0 Å². The Kier molecular flexibility index (Phi) is 1.99. The van der Waals surface area contributed by atoms with Gasteiger partial charge in [0, 0.05) is 6.20 Å². The molecule has 0 radical (unpaired) electrons. The van der Waals surface area contributed by atoms with Gasteiger partial charge in [0.25, 0.3) is 0 Å². The lowest BCUT2D eigenvalue weighted by Gasteiger charge is -1.90. The third-order valence-electron chi connectivity index (χ3n) is 1.12. The summed E-state index contributed by atoms with van der Waals surface area (Å²) in [7, 11) is 0. The maximum Gasteiger partial charge on any atom is 0.0918 e. The Balaban J connectivity index is 2.89. The summed E-state index contributed by atoms with van der Waals surface area (Å²) < 4.78 is 0. The smallest absolute Gasteiger partial charge is 0.0918 e. The van der Waals surface area contributed by atoms with Crippen LogP contribution in [-0.2, 0) is 0 Å². The van der Waals surface area contributed by atoms with E-state index in [0.29, 0.717) is 5.69 Å². The van der Waals surface area contributed by atoms with E-state index < -0.39 is 0 Å². The molecular weight excluding hydrogens is 128 g/mol. The van der Waals surface area contributed by atoms with Gasteiger partial charge in [-0.1, -0.05) is 11.2 Å². The molecule has 52 valence electrons. The maximum atomic E-state index is 8.12. The van der Waals surface area contributed by atoms with E-state index in [9.17, 15) is 0 Å². The lowest BCUT2D eigenvalue weighted by Crippen LogP contribution is -1.86. The minimum atomic E-state index is 0.660. The van der Waals surface area contributed by atoms with Gasteiger partial charge < -0.3 is 5.21 Å². The zero-order valence-electron chi connectivity index (χ0n) is 5.65. The van der Waals surface area contributed by atoms with E-state index in [2.05, 4.69) is 10.1 Å². The molecule has 1 aromatic rings. The molecule has 0 bridgehead atoms. The fraction of sp³-hybridized carbons (Fsp3) is 0.143. The van der Waals surface area contributed by atoms with Gasteiger partial charge >= 0.3 is 0 Å². The Bertz CT molecular complexity index is 228. The molecule has 0 unspecified atom stereocenters. The summed E-state index contributed by atoms with van der Waals surface area (Å²) in [5.74, 6) is 0. The van der Waals surface area contributed by atoms with E-state index in [0.717, 1.165) is 5.56 Å². The molecule has 1 aromatic heterocycles. The van der Waals surface area contributed by atoms with Crippen LogP contribution < -0.4 is 0 Å². The summed E-state index contributed by atoms with van der Waals surface area (Å²) in [5.41, 5.74) is 1.75. The van der Waals surface area contributed by atoms with Crippen molar-refractivity contribution in [1.82, 2.24) is 4.98 Å². The molecule has 0 saturated heterocycles. The number of rotatable bonds is 1. The van der Waals surface area contributed by atoms with Crippen LogP contribution in [0, 0.1) is 6.92 Å². The van der Waals surface area contributed by atoms with Crippen LogP contribution in [0.2, 0.25) is 0 Å². The zero-order chi connectivity index (χ0) is 7.40. The Morgan fingerprint density at radius 1 is 1.60 bits per heavy atom. The van der Waals surface area contributed by atoms with Gasteiger partial charge in [0.15, 0.2) is 0 Å². The van der Waals surface area contributed by atoms with Gasteiger partial charge in [-0.2, -0.15) is 0 Å². The van der Waals surface area contributed by atoms with Gasteiger partial charge in [0.2, 0.25) is 0 Å². The fourth-order valence-electron chi connectivity index (χ4n) is 0.615. The van der Waals surface area contributed by atoms with Crippen molar-refractivity contribution in [3.8, 4) is 0 Å². The summed E-state index contributed by atoms with van der Waals surface area (Å²) in [4.78, 5) is 3.96. The second-order valence-corrected chi connectivity index (χ2v) is 2.00. The molecule has 10 heavy (non-hydrogen) atoms. The normalized spacial score (nSPS) is 10.5. The van der Waals surface area contributed by atoms with Crippen LogP contribution in [0.1, 0.15) is 11.3 Å². The molecule has 1 rings (SSSR count). The first-order valence-corrected chi connectivity index (χ1v) is 2.93. The fourth-order valence-corrected chi connectivity index (χ4v) is 0.615. The second-order valence-electron chi connectivity index (χ2n) is 2.00. The zero-order valence-corrected chi connectivity index (χ0v) is 5.65. The molecule has 0 amide bonds. The first-order chi connectivity index (χ1) is 4.83. The summed E-state index contributed by atoms with van der Waals surface area (Å²) in [6.07, 6.45) is 3.01. The molecule has 0 fully saturated rings.